The molecule has 6 heteroatoms. The van der Waals surface area contributed by atoms with Gasteiger partial charge in [-0.1, -0.05) is 6.07 Å². The maximum atomic E-state index is 13.3. The van der Waals surface area contributed by atoms with Gasteiger partial charge in [0.1, 0.15) is 23.5 Å². The highest BCUT2D eigenvalue weighted by Gasteiger charge is 2.22. The molecule has 0 atom stereocenters. The molecule has 1 aliphatic heterocycles. The first kappa shape index (κ1) is 17.4. The van der Waals surface area contributed by atoms with Crippen LogP contribution < -0.4 is 4.74 Å². The van der Waals surface area contributed by atoms with Gasteiger partial charge in [-0.3, -0.25) is 4.90 Å². The van der Waals surface area contributed by atoms with Gasteiger partial charge >= 0.3 is 5.97 Å². The summed E-state index contributed by atoms with van der Waals surface area (Å²) in [6.45, 7) is 1.97. The Morgan fingerprint density at radius 3 is 2.36 bits per heavy atom. The zero-order valence-electron chi connectivity index (χ0n) is 13.6. The first-order valence-corrected chi connectivity index (χ1v) is 8.17. The van der Waals surface area contributed by atoms with Crippen LogP contribution in [-0.4, -0.2) is 35.2 Å². The molecule has 2 aromatic rings. The fourth-order valence-corrected chi connectivity index (χ4v) is 3.02. The van der Waals surface area contributed by atoms with E-state index >= 15 is 0 Å². The second kappa shape index (κ2) is 7.61. The van der Waals surface area contributed by atoms with Gasteiger partial charge in [0, 0.05) is 19.6 Å². The monoisotopic (exact) mass is 347 g/mol. The number of carboxylic acids is 1. The van der Waals surface area contributed by atoms with Gasteiger partial charge in [-0.15, -0.1) is 0 Å². The molecule has 0 unspecified atom stereocenters. The summed E-state index contributed by atoms with van der Waals surface area (Å²) in [7, 11) is 0. The maximum Gasteiger partial charge on any atom is 0.336 e. The molecule has 1 fully saturated rings. The quantitative estimate of drug-likeness (QED) is 0.896. The zero-order valence-corrected chi connectivity index (χ0v) is 13.6. The predicted molar refractivity (Wildman–Crippen MR) is 88.7 cm³/mol. The second-order valence-corrected chi connectivity index (χ2v) is 6.15. The molecular weight excluding hydrogens is 328 g/mol. The molecular formula is C19H19F2NO3. The van der Waals surface area contributed by atoms with Gasteiger partial charge < -0.3 is 9.84 Å². The van der Waals surface area contributed by atoms with Crippen molar-refractivity contribution >= 4 is 5.97 Å². The van der Waals surface area contributed by atoms with E-state index < -0.39 is 11.8 Å². The number of hydrogen-bond donors (Lipinski definition) is 1. The largest absolute Gasteiger partial charge is 0.490 e. The van der Waals surface area contributed by atoms with E-state index in [0.29, 0.717) is 17.9 Å². The van der Waals surface area contributed by atoms with Crippen LogP contribution in [0, 0.1) is 11.6 Å². The van der Waals surface area contributed by atoms with Crippen LogP contribution in [0.2, 0.25) is 0 Å². The van der Waals surface area contributed by atoms with Gasteiger partial charge in [0.2, 0.25) is 0 Å². The number of benzene rings is 2. The minimum absolute atomic E-state index is 0.00434. The van der Waals surface area contributed by atoms with Crippen molar-refractivity contribution in [2.45, 2.75) is 25.5 Å². The van der Waals surface area contributed by atoms with E-state index in [2.05, 4.69) is 4.90 Å². The Balaban J connectivity index is 1.56. The fourth-order valence-electron chi connectivity index (χ4n) is 3.02. The van der Waals surface area contributed by atoms with Gasteiger partial charge in [0.15, 0.2) is 0 Å². The van der Waals surface area contributed by atoms with E-state index in [0.717, 1.165) is 32.0 Å². The first-order chi connectivity index (χ1) is 12.0. The van der Waals surface area contributed by atoms with Crippen molar-refractivity contribution < 1.29 is 23.4 Å². The molecule has 0 spiro atoms. The molecule has 25 heavy (non-hydrogen) atoms. The Hall–Kier alpha value is -2.47. The summed E-state index contributed by atoms with van der Waals surface area (Å²) in [5.41, 5.74) is 0.608. The molecule has 132 valence electrons. The molecule has 2 aromatic carbocycles. The van der Waals surface area contributed by atoms with Crippen LogP contribution in [-0.2, 0) is 6.54 Å². The lowest BCUT2D eigenvalue weighted by atomic mass is 10.0. The number of rotatable bonds is 5. The number of carbonyl (C=O) groups is 1. The van der Waals surface area contributed by atoms with E-state index in [4.69, 9.17) is 4.74 Å². The number of ether oxygens (including phenoxy) is 1. The zero-order chi connectivity index (χ0) is 17.8. The Kier molecular flexibility index (Phi) is 5.28. The molecule has 0 aliphatic carbocycles. The molecule has 4 nitrogen and oxygen atoms in total. The van der Waals surface area contributed by atoms with Gasteiger partial charge in [0.25, 0.3) is 0 Å². The van der Waals surface area contributed by atoms with Crippen molar-refractivity contribution in [2.75, 3.05) is 13.1 Å². The highest BCUT2D eigenvalue weighted by atomic mass is 19.1. The van der Waals surface area contributed by atoms with Crippen molar-refractivity contribution in [3.63, 3.8) is 0 Å². The summed E-state index contributed by atoms with van der Waals surface area (Å²) in [6.07, 6.45) is 1.64. The van der Waals surface area contributed by atoms with Crippen molar-refractivity contribution in [2.24, 2.45) is 0 Å². The van der Waals surface area contributed by atoms with E-state index in [1.54, 1.807) is 12.1 Å². The highest BCUT2D eigenvalue weighted by molar-refractivity contribution is 5.89. The van der Waals surface area contributed by atoms with Crippen LogP contribution in [0.4, 0.5) is 8.78 Å². The number of carboxylic acid groups (broad SMARTS) is 1. The highest BCUT2D eigenvalue weighted by Crippen LogP contribution is 2.21. The van der Waals surface area contributed by atoms with Crippen LogP contribution >= 0.6 is 0 Å². The van der Waals surface area contributed by atoms with Crippen molar-refractivity contribution in [3.8, 4) is 5.75 Å². The third-order valence-corrected chi connectivity index (χ3v) is 4.35. The van der Waals surface area contributed by atoms with Crippen LogP contribution in [0.25, 0.3) is 0 Å². The molecule has 1 saturated heterocycles. The van der Waals surface area contributed by atoms with Crippen molar-refractivity contribution in [3.05, 3.63) is 65.2 Å². The molecule has 1 aliphatic rings. The standard InChI is InChI=1S/C19H19F2NO3/c20-14-3-5-16(6-4-14)25-17-7-9-22(10-8-17)12-13-1-2-15(21)11-18(13)19(23)24/h1-6,11,17H,7-10,12H2,(H,23,24). The van der Waals surface area contributed by atoms with Gasteiger partial charge in [-0.05, 0) is 54.8 Å². The summed E-state index contributed by atoms with van der Waals surface area (Å²) in [6, 6.07) is 9.83. The Labute approximate surface area is 144 Å². The lowest BCUT2D eigenvalue weighted by Crippen LogP contribution is -2.38. The van der Waals surface area contributed by atoms with Crippen molar-refractivity contribution in [1.82, 2.24) is 4.90 Å². The summed E-state index contributed by atoms with van der Waals surface area (Å²) in [5, 5.41) is 9.21. The number of hydrogen-bond acceptors (Lipinski definition) is 3. The topological polar surface area (TPSA) is 49.8 Å². The molecule has 1 heterocycles. The molecule has 0 saturated carbocycles. The maximum absolute atomic E-state index is 13.3. The van der Waals surface area contributed by atoms with E-state index in [9.17, 15) is 18.7 Å². The van der Waals surface area contributed by atoms with Crippen LogP contribution in [0.5, 0.6) is 5.75 Å². The van der Waals surface area contributed by atoms with Crippen molar-refractivity contribution in [1.29, 1.82) is 0 Å². The molecule has 0 radical (unpaired) electrons. The summed E-state index contributed by atoms with van der Waals surface area (Å²) in [4.78, 5) is 13.4. The summed E-state index contributed by atoms with van der Waals surface area (Å²) >= 11 is 0. The number of nitrogens with zero attached hydrogens (tertiary/aromatic N) is 1. The second-order valence-electron chi connectivity index (χ2n) is 6.15. The number of halogens is 2. The number of aromatic carboxylic acids is 1. The first-order valence-electron chi connectivity index (χ1n) is 8.17. The molecule has 0 amide bonds. The van der Waals surface area contributed by atoms with E-state index in [-0.39, 0.29) is 17.5 Å². The average Bonchev–Trinajstić information content (AvgIpc) is 2.60. The molecule has 0 bridgehead atoms. The van der Waals surface area contributed by atoms with Crippen LogP contribution in [0.1, 0.15) is 28.8 Å². The lowest BCUT2D eigenvalue weighted by Gasteiger charge is -2.32. The molecule has 1 N–H and O–H groups in total. The van der Waals surface area contributed by atoms with Gasteiger partial charge in [-0.2, -0.15) is 0 Å². The molecule has 3 rings (SSSR count). The minimum atomic E-state index is -1.12. The number of likely N-dealkylation sites (tertiary alicyclic amines) is 1. The van der Waals surface area contributed by atoms with Gasteiger partial charge in [-0.25, -0.2) is 13.6 Å². The van der Waals surface area contributed by atoms with E-state index in [1.165, 1.54) is 24.3 Å². The molecule has 0 aromatic heterocycles. The number of piperidine rings is 1. The summed E-state index contributed by atoms with van der Waals surface area (Å²) < 4.78 is 32.0. The lowest BCUT2D eigenvalue weighted by molar-refractivity contribution is 0.0689. The average molecular weight is 347 g/mol. The fraction of sp³-hybridized carbons (Fsp3) is 0.316. The van der Waals surface area contributed by atoms with Crippen LogP contribution in [0.15, 0.2) is 42.5 Å². The minimum Gasteiger partial charge on any atom is -0.490 e. The normalized spacial score (nSPS) is 15.9. The Morgan fingerprint density at radius 2 is 1.72 bits per heavy atom. The Bertz CT molecular complexity index is 741. The summed E-state index contributed by atoms with van der Waals surface area (Å²) in [5.74, 6) is -1.32. The van der Waals surface area contributed by atoms with Crippen LogP contribution in [0.3, 0.4) is 0 Å². The third-order valence-electron chi connectivity index (χ3n) is 4.35. The van der Waals surface area contributed by atoms with E-state index in [1.807, 2.05) is 0 Å². The third kappa shape index (κ3) is 4.54. The Morgan fingerprint density at radius 1 is 1.08 bits per heavy atom. The SMILES string of the molecule is O=C(O)c1cc(F)ccc1CN1CCC(Oc2ccc(F)cc2)CC1. The van der Waals surface area contributed by atoms with Gasteiger partial charge in [0.05, 0.1) is 5.56 Å². The smallest absolute Gasteiger partial charge is 0.336 e. The predicted octanol–water partition coefficient (Wildman–Crippen LogP) is 3.71.